The van der Waals surface area contributed by atoms with E-state index in [0.29, 0.717) is 40.9 Å². The summed E-state index contributed by atoms with van der Waals surface area (Å²) in [7, 11) is 3.17. The van der Waals surface area contributed by atoms with Gasteiger partial charge in [-0.05, 0) is 51.4 Å². The molecule has 2 fully saturated rings. The molecule has 2 saturated heterocycles. The molecule has 1 aromatic rings. The minimum atomic E-state index is -0.546. The van der Waals surface area contributed by atoms with Gasteiger partial charge in [-0.15, -0.1) is 0 Å². The zero-order chi connectivity index (χ0) is 27.3. The van der Waals surface area contributed by atoms with Crippen LogP contribution in [0.2, 0.25) is 5.02 Å². The predicted molar refractivity (Wildman–Crippen MR) is 147 cm³/mol. The Bertz CT molecular complexity index is 1040. The van der Waals surface area contributed by atoms with Gasteiger partial charge in [0.1, 0.15) is 11.9 Å². The van der Waals surface area contributed by atoms with Crippen molar-refractivity contribution in [1.82, 2.24) is 15.1 Å². The van der Waals surface area contributed by atoms with Crippen LogP contribution in [0.1, 0.15) is 55.8 Å². The number of rotatable bonds is 11. The van der Waals surface area contributed by atoms with Gasteiger partial charge >= 0.3 is 5.97 Å². The molecule has 4 aliphatic heterocycles. The summed E-state index contributed by atoms with van der Waals surface area (Å²) >= 11 is 6.16. The normalized spacial score (nSPS) is 26.8. The number of anilines is 1. The number of piperidine rings is 2. The Labute approximate surface area is 230 Å². The molecule has 4 atom stereocenters. The molecule has 3 N–H and O–H groups in total. The number of unbranched alkanes of at least 4 members (excludes halogenated alkanes) is 2. The lowest BCUT2D eigenvalue weighted by molar-refractivity contribution is -0.154. The highest BCUT2D eigenvalue weighted by Crippen LogP contribution is 2.31. The van der Waals surface area contributed by atoms with Crippen LogP contribution in [0.5, 0.6) is 5.75 Å². The average Bonchev–Trinajstić information content (AvgIpc) is 2.91. The molecule has 4 heterocycles. The van der Waals surface area contributed by atoms with E-state index in [1.165, 1.54) is 13.2 Å². The number of hydrogen-bond acceptors (Lipinski definition) is 8. The molecule has 2 bridgehead atoms. The van der Waals surface area contributed by atoms with Gasteiger partial charge in [-0.1, -0.05) is 24.1 Å². The van der Waals surface area contributed by atoms with Crippen molar-refractivity contribution >= 4 is 29.2 Å². The van der Waals surface area contributed by atoms with Crippen molar-refractivity contribution in [3.8, 4) is 5.75 Å². The number of carbonyl (C=O) groups excluding carboxylic acids is 2. The molecule has 10 heteroatoms. The van der Waals surface area contributed by atoms with Crippen LogP contribution in [0.3, 0.4) is 0 Å². The molecule has 1 amide bonds. The molecule has 0 radical (unpaired) electrons. The van der Waals surface area contributed by atoms with Crippen LogP contribution in [-0.2, 0) is 14.3 Å². The summed E-state index contributed by atoms with van der Waals surface area (Å²) in [5.74, 6) is 0.394. The van der Waals surface area contributed by atoms with Crippen molar-refractivity contribution in [2.75, 3.05) is 52.7 Å². The van der Waals surface area contributed by atoms with Gasteiger partial charge in [0.15, 0.2) is 0 Å². The third-order valence-electron chi connectivity index (χ3n) is 8.15. The lowest BCUT2D eigenvalue weighted by Crippen LogP contribution is -2.63. The van der Waals surface area contributed by atoms with Crippen LogP contribution < -0.4 is 15.8 Å². The number of fused-ring (bicyclic) bond motifs is 2. The van der Waals surface area contributed by atoms with Crippen molar-refractivity contribution in [3.63, 3.8) is 0 Å². The number of ether oxygens (including phenoxy) is 3. The van der Waals surface area contributed by atoms with E-state index >= 15 is 0 Å². The van der Waals surface area contributed by atoms with E-state index in [1.807, 2.05) is 6.92 Å². The highest BCUT2D eigenvalue weighted by atomic mass is 35.5. The standard InChI is InChI=1S/C28H41ClN4O5/c1-28(31-27(35)20-15-21(29)22(30)16-23(20)36-2)10-14-32(18-25(28)37-3)11-6-4-5-7-26(34)38-24-17-33-12-8-19(24)9-13-33/h8,12,15-16,19,24-25H,4-7,9-11,13-14,17-18,30H2,1-3H3,(H,31,35)/t19?,24-,25-,28-/m0/s1. The fraction of sp³-hybridized carbons (Fsp3) is 0.643. The largest absolute Gasteiger partial charge is 0.496 e. The molecule has 0 aromatic heterocycles. The number of esters is 1. The van der Waals surface area contributed by atoms with Gasteiger partial charge in [0.25, 0.3) is 5.91 Å². The lowest BCUT2D eigenvalue weighted by Gasteiger charge is -2.45. The minimum absolute atomic E-state index is 0.00785. The monoisotopic (exact) mass is 548 g/mol. The number of hydrogen-bond donors (Lipinski definition) is 2. The zero-order valence-corrected chi connectivity index (χ0v) is 23.5. The summed E-state index contributed by atoms with van der Waals surface area (Å²) in [6, 6.07) is 3.10. The Morgan fingerprint density at radius 1 is 1.18 bits per heavy atom. The molecule has 0 aliphatic carbocycles. The zero-order valence-electron chi connectivity index (χ0n) is 22.7. The van der Waals surface area contributed by atoms with E-state index in [1.54, 1.807) is 13.2 Å². The first-order valence-corrected chi connectivity index (χ1v) is 13.9. The van der Waals surface area contributed by atoms with E-state index in [-0.39, 0.29) is 24.1 Å². The van der Waals surface area contributed by atoms with Crippen LogP contribution in [0, 0.1) is 5.92 Å². The molecule has 210 valence electrons. The number of nitrogen functional groups attached to an aromatic ring is 1. The van der Waals surface area contributed by atoms with Crippen LogP contribution in [0.4, 0.5) is 5.69 Å². The number of nitrogens with one attached hydrogen (secondary N) is 1. The molecule has 1 unspecified atom stereocenters. The van der Waals surface area contributed by atoms with Crippen LogP contribution >= 0.6 is 11.6 Å². The summed E-state index contributed by atoms with van der Waals surface area (Å²) in [5.41, 5.74) is 6.02. The number of nitrogens with two attached hydrogens (primary N) is 1. The molecule has 5 rings (SSSR count). The predicted octanol–water partition coefficient (Wildman–Crippen LogP) is 3.46. The quantitative estimate of drug-likeness (QED) is 0.246. The van der Waals surface area contributed by atoms with Crippen molar-refractivity contribution in [3.05, 3.63) is 35.0 Å². The maximum atomic E-state index is 13.2. The Morgan fingerprint density at radius 2 is 2.00 bits per heavy atom. The molecule has 0 spiro atoms. The van der Waals surface area contributed by atoms with E-state index in [4.69, 9.17) is 31.5 Å². The van der Waals surface area contributed by atoms with Crippen molar-refractivity contribution in [2.24, 2.45) is 5.92 Å². The highest BCUT2D eigenvalue weighted by molar-refractivity contribution is 6.33. The SMILES string of the molecule is COc1cc(N)c(Cl)cc1C(=O)N[C@@]1(C)CCN(CCCCCC(=O)O[C@H]2CN3C=CC2CC3)C[C@@H]1OC. The van der Waals surface area contributed by atoms with Crippen molar-refractivity contribution in [2.45, 2.75) is 63.2 Å². The van der Waals surface area contributed by atoms with Gasteiger partial charge in [-0.2, -0.15) is 0 Å². The highest BCUT2D eigenvalue weighted by Gasteiger charge is 2.41. The first-order valence-electron chi connectivity index (χ1n) is 13.5. The number of carbonyl (C=O) groups is 2. The molecule has 9 nitrogen and oxygen atoms in total. The van der Waals surface area contributed by atoms with Gasteiger partial charge in [-0.25, -0.2) is 0 Å². The summed E-state index contributed by atoms with van der Waals surface area (Å²) in [6.07, 6.45) is 9.18. The third-order valence-corrected chi connectivity index (χ3v) is 8.48. The second kappa shape index (κ2) is 12.6. The number of halogens is 1. The van der Waals surface area contributed by atoms with E-state index in [2.05, 4.69) is 27.4 Å². The van der Waals surface area contributed by atoms with Gasteiger partial charge in [0.05, 0.1) is 41.6 Å². The Balaban J connectivity index is 1.19. The van der Waals surface area contributed by atoms with Crippen LogP contribution in [-0.4, -0.2) is 86.4 Å². The first-order chi connectivity index (χ1) is 18.2. The second-order valence-electron chi connectivity index (χ2n) is 10.8. The smallest absolute Gasteiger partial charge is 0.306 e. The third kappa shape index (κ3) is 6.74. The summed E-state index contributed by atoms with van der Waals surface area (Å²) < 4.78 is 16.9. The number of amides is 1. The Hall–Kier alpha value is -2.49. The number of methoxy groups -OCH3 is 2. The minimum Gasteiger partial charge on any atom is -0.496 e. The topological polar surface area (TPSA) is 106 Å². The van der Waals surface area contributed by atoms with Gasteiger partial charge in [0, 0.05) is 45.1 Å². The Morgan fingerprint density at radius 3 is 2.66 bits per heavy atom. The molecule has 38 heavy (non-hydrogen) atoms. The average molecular weight is 549 g/mol. The van der Waals surface area contributed by atoms with Gasteiger partial charge in [-0.3, -0.25) is 9.59 Å². The van der Waals surface area contributed by atoms with Gasteiger partial charge < -0.3 is 35.1 Å². The van der Waals surface area contributed by atoms with E-state index in [9.17, 15) is 9.59 Å². The number of likely N-dealkylation sites (tertiary alicyclic amines) is 1. The lowest BCUT2D eigenvalue weighted by atomic mass is 9.86. The van der Waals surface area contributed by atoms with E-state index < -0.39 is 5.54 Å². The molecule has 1 aromatic carbocycles. The van der Waals surface area contributed by atoms with Crippen molar-refractivity contribution in [1.29, 1.82) is 0 Å². The first kappa shape index (κ1) is 28.5. The van der Waals surface area contributed by atoms with Crippen LogP contribution in [0.15, 0.2) is 24.4 Å². The summed E-state index contributed by atoms with van der Waals surface area (Å²) in [4.78, 5) is 30.1. The fourth-order valence-corrected chi connectivity index (χ4v) is 5.85. The van der Waals surface area contributed by atoms with E-state index in [0.717, 1.165) is 58.3 Å². The Kier molecular flexibility index (Phi) is 9.44. The molecule has 0 saturated carbocycles. The molecule has 4 aliphatic rings. The molecular formula is C28H41ClN4O5. The maximum Gasteiger partial charge on any atom is 0.306 e. The maximum absolute atomic E-state index is 13.2. The summed E-state index contributed by atoms with van der Waals surface area (Å²) in [6.45, 7) is 6.37. The van der Waals surface area contributed by atoms with Crippen LogP contribution in [0.25, 0.3) is 0 Å². The summed E-state index contributed by atoms with van der Waals surface area (Å²) in [5, 5.41) is 3.47. The molecular weight excluding hydrogens is 508 g/mol. The fourth-order valence-electron chi connectivity index (χ4n) is 5.68. The van der Waals surface area contributed by atoms with Crippen molar-refractivity contribution < 1.29 is 23.8 Å². The van der Waals surface area contributed by atoms with Gasteiger partial charge in [0.2, 0.25) is 0 Å². The number of nitrogens with zero attached hydrogens (tertiary/aromatic N) is 2. The number of benzene rings is 1. The second-order valence-corrected chi connectivity index (χ2v) is 11.3.